The Morgan fingerprint density at radius 1 is 1.17 bits per heavy atom. The van der Waals surface area contributed by atoms with E-state index in [0.29, 0.717) is 0 Å². The van der Waals surface area contributed by atoms with Crippen LogP contribution in [0.3, 0.4) is 0 Å². The first kappa shape index (κ1) is 9.21. The quantitative estimate of drug-likeness (QED) is 0.500. The van der Waals surface area contributed by atoms with Crippen LogP contribution in [0.1, 0.15) is 25.7 Å². The molecule has 2 saturated heterocycles. The Morgan fingerprint density at radius 2 is 1.92 bits per heavy atom. The van der Waals surface area contributed by atoms with E-state index in [2.05, 4.69) is 22.6 Å². The fourth-order valence-electron chi connectivity index (χ4n) is 2.06. The fourth-order valence-corrected chi connectivity index (χ4v) is 3.12. The first-order chi connectivity index (χ1) is 5.81. The van der Waals surface area contributed by atoms with Gasteiger partial charge in [-0.3, -0.25) is 0 Å². The Hall–Kier alpha value is 0.650. The Morgan fingerprint density at radius 3 is 2.58 bits per heavy atom. The lowest BCUT2D eigenvalue weighted by molar-refractivity contribution is -0.130. The predicted octanol–water partition coefficient (Wildman–Crippen LogP) is 2.15. The molecule has 0 N–H and O–H groups in total. The zero-order valence-corrected chi connectivity index (χ0v) is 9.38. The van der Waals surface area contributed by atoms with Crippen molar-refractivity contribution >= 4 is 22.6 Å². The van der Waals surface area contributed by atoms with Crippen LogP contribution in [-0.2, 0) is 9.47 Å². The second kappa shape index (κ2) is 3.80. The maximum absolute atomic E-state index is 5.89. The van der Waals surface area contributed by atoms with Crippen LogP contribution in [0.15, 0.2) is 0 Å². The third kappa shape index (κ3) is 1.93. The summed E-state index contributed by atoms with van der Waals surface area (Å²) >= 11 is 2.55. The molecule has 2 rings (SSSR count). The molecule has 3 heteroatoms. The van der Waals surface area contributed by atoms with Gasteiger partial charge in [-0.05, 0) is 25.7 Å². The molecule has 0 bridgehead atoms. The lowest BCUT2D eigenvalue weighted by Crippen LogP contribution is -2.44. The van der Waals surface area contributed by atoms with E-state index in [-0.39, 0.29) is 5.60 Å². The maximum Gasteiger partial charge on any atom is 0.0736 e. The van der Waals surface area contributed by atoms with Gasteiger partial charge in [0.25, 0.3) is 0 Å². The molecule has 12 heavy (non-hydrogen) atoms. The molecule has 2 fully saturated rings. The lowest BCUT2D eigenvalue weighted by Gasteiger charge is -2.41. The van der Waals surface area contributed by atoms with Gasteiger partial charge >= 0.3 is 0 Å². The Kier molecular flexibility index (Phi) is 2.92. The van der Waals surface area contributed by atoms with Crippen molar-refractivity contribution in [3.8, 4) is 0 Å². The Bertz CT molecular complexity index is 149. The number of hydrogen-bond donors (Lipinski definition) is 0. The molecule has 0 aliphatic carbocycles. The smallest absolute Gasteiger partial charge is 0.0736 e. The van der Waals surface area contributed by atoms with Crippen LogP contribution >= 0.6 is 22.6 Å². The van der Waals surface area contributed by atoms with E-state index >= 15 is 0 Å². The van der Waals surface area contributed by atoms with Gasteiger partial charge < -0.3 is 9.47 Å². The summed E-state index contributed by atoms with van der Waals surface area (Å²) in [4.78, 5) is 0. The van der Waals surface area contributed by atoms with Gasteiger partial charge in [0, 0.05) is 23.7 Å². The van der Waals surface area contributed by atoms with Gasteiger partial charge in [-0.25, -0.2) is 0 Å². The van der Waals surface area contributed by atoms with Gasteiger partial charge in [0.05, 0.1) is 5.60 Å². The highest BCUT2D eigenvalue weighted by atomic mass is 127. The molecule has 70 valence electrons. The van der Waals surface area contributed by atoms with Crippen molar-refractivity contribution in [3.63, 3.8) is 0 Å². The van der Waals surface area contributed by atoms with Gasteiger partial charge in [0.15, 0.2) is 0 Å². The third-order valence-corrected chi connectivity index (χ3v) is 3.90. The maximum atomic E-state index is 5.89. The summed E-state index contributed by atoms with van der Waals surface area (Å²) in [5, 5.41) is 0. The second-order valence-corrected chi connectivity index (χ2v) is 5.50. The molecule has 1 spiro atoms. The number of rotatable bonds is 0. The van der Waals surface area contributed by atoms with E-state index in [1.165, 1.54) is 12.8 Å². The van der Waals surface area contributed by atoms with Crippen LogP contribution in [-0.4, -0.2) is 29.3 Å². The lowest BCUT2D eigenvalue weighted by atomic mass is 9.86. The van der Waals surface area contributed by atoms with Crippen LogP contribution in [0.25, 0.3) is 0 Å². The van der Waals surface area contributed by atoms with Crippen molar-refractivity contribution in [1.82, 2.24) is 0 Å². The van der Waals surface area contributed by atoms with Crippen LogP contribution in [0.2, 0.25) is 0 Å². The molecule has 2 aliphatic heterocycles. The van der Waals surface area contributed by atoms with E-state index in [1.807, 2.05) is 0 Å². The van der Waals surface area contributed by atoms with Gasteiger partial charge in [-0.1, -0.05) is 22.6 Å². The largest absolute Gasteiger partial charge is 0.381 e. The zero-order chi connectivity index (χ0) is 8.44. The molecule has 0 radical (unpaired) electrons. The summed E-state index contributed by atoms with van der Waals surface area (Å²) < 4.78 is 12.1. The first-order valence-electron chi connectivity index (χ1n) is 4.67. The molecular weight excluding hydrogens is 267 g/mol. The molecule has 0 aromatic rings. The molecule has 0 saturated carbocycles. The van der Waals surface area contributed by atoms with Crippen LogP contribution in [0.4, 0.5) is 0 Å². The van der Waals surface area contributed by atoms with Crippen molar-refractivity contribution < 1.29 is 9.47 Å². The van der Waals surface area contributed by atoms with E-state index in [1.54, 1.807) is 0 Å². The molecule has 2 nitrogen and oxygen atoms in total. The van der Waals surface area contributed by atoms with Crippen LogP contribution < -0.4 is 0 Å². The highest BCUT2D eigenvalue weighted by Crippen LogP contribution is 2.36. The van der Waals surface area contributed by atoms with Gasteiger partial charge in [-0.2, -0.15) is 0 Å². The van der Waals surface area contributed by atoms with Crippen LogP contribution in [0.5, 0.6) is 0 Å². The standard InChI is InChI=1S/C9H15IO2/c10-8-1-4-12-9(7-8)2-5-11-6-3-9/h8H,1-7H2. The number of ether oxygens (including phenoxy) is 2. The van der Waals surface area contributed by atoms with Crippen molar-refractivity contribution in [2.24, 2.45) is 0 Å². The topological polar surface area (TPSA) is 18.5 Å². The van der Waals surface area contributed by atoms with Gasteiger partial charge in [0.2, 0.25) is 0 Å². The number of hydrogen-bond acceptors (Lipinski definition) is 2. The average Bonchev–Trinajstić information content (AvgIpc) is 2.05. The Labute approximate surface area is 87.1 Å². The fraction of sp³-hybridized carbons (Fsp3) is 1.00. The molecule has 1 unspecified atom stereocenters. The number of halogens is 1. The van der Waals surface area contributed by atoms with E-state index in [4.69, 9.17) is 9.47 Å². The highest BCUT2D eigenvalue weighted by molar-refractivity contribution is 14.1. The summed E-state index contributed by atoms with van der Waals surface area (Å²) in [6.45, 7) is 2.74. The molecule has 2 heterocycles. The zero-order valence-electron chi connectivity index (χ0n) is 7.22. The van der Waals surface area contributed by atoms with E-state index < -0.39 is 0 Å². The molecule has 2 aliphatic rings. The average molecular weight is 282 g/mol. The SMILES string of the molecule is IC1CCOC2(CCOCC2)C1. The minimum Gasteiger partial charge on any atom is -0.381 e. The molecular formula is C9H15IO2. The van der Waals surface area contributed by atoms with E-state index in [9.17, 15) is 0 Å². The van der Waals surface area contributed by atoms with Gasteiger partial charge in [0.1, 0.15) is 0 Å². The minimum atomic E-state index is 0.197. The van der Waals surface area contributed by atoms with Crippen molar-refractivity contribution in [2.45, 2.75) is 35.2 Å². The summed E-state index contributed by atoms with van der Waals surface area (Å²) in [7, 11) is 0. The number of alkyl halides is 1. The molecule has 0 aromatic carbocycles. The van der Waals surface area contributed by atoms with Crippen LogP contribution in [0, 0.1) is 0 Å². The van der Waals surface area contributed by atoms with Gasteiger partial charge in [-0.15, -0.1) is 0 Å². The summed E-state index contributed by atoms with van der Waals surface area (Å²) in [6, 6.07) is 0. The summed E-state index contributed by atoms with van der Waals surface area (Å²) in [5.74, 6) is 0. The second-order valence-electron chi connectivity index (χ2n) is 3.73. The van der Waals surface area contributed by atoms with E-state index in [0.717, 1.165) is 36.6 Å². The minimum absolute atomic E-state index is 0.197. The summed E-state index contributed by atoms with van der Waals surface area (Å²) in [6.07, 6.45) is 4.67. The van der Waals surface area contributed by atoms with Crippen molar-refractivity contribution in [1.29, 1.82) is 0 Å². The monoisotopic (exact) mass is 282 g/mol. The molecule has 0 amide bonds. The third-order valence-electron chi connectivity index (χ3n) is 2.84. The normalized spacial score (nSPS) is 35.2. The molecule has 0 aromatic heterocycles. The molecule has 1 atom stereocenters. The van der Waals surface area contributed by atoms with Crippen molar-refractivity contribution in [2.75, 3.05) is 19.8 Å². The highest BCUT2D eigenvalue weighted by Gasteiger charge is 2.37. The first-order valence-corrected chi connectivity index (χ1v) is 5.91. The van der Waals surface area contributed by atoms with Crippen molar-refractivity contribution in [3.05, 3.63) is 0 Å². The predicted molar refractivity (Wildman–Crippen MR) is 55.8 cm³/mol. The summed E-state index contributed by atoms with van der Waals surface area (Å²) in [5.41, 5.74) is 0.197. The Balaban J connectivity index is 1.97.